The smallest absolute Gasteiger partial charge is 0.368 e. The number of nitrogens with zero attached hydrogens (tertiary/aromatic N) is 2. The highest BCUT2D eigenvalue weighted by atomic mass is 19.4. The van der Waals surface area contributed by atoms with Crippen LogP contribution in [0.4, 0.5) is 35.0 Å². The van der Waals surface area contributed by atoms with Crippen molar-refractivity contribution in [3.05, 3.63) is 41.3 Å². The van der Waals surface area contributed by atoms with Gasteiger partial charge in [0.05, 0.1) is 0 Å². The van der Waals surface area contributed by atoms with E-state index in [2.05, 4.69) is 15.3 Å². The average Bonchev–Trinajstić information content (AvgIpc) is 2.32. The first-order chi connectivity index (χ1) is 9.25. The Kier molecular flexibility index (Phi) is 3.47. The molecule has 0 fully saturated rings. The Morgan fingerprint density at radius 3 is 2.45 bits per heavy atom. The summed E-state index contributed by atoms with van der Waals surface area (Å²) < 4.78 is 50.8. The predicted octanol–water partition coefficient (Wildman–Crippen LogP) is 3.27. The van der Waals surface area contributed by atoms with Crippen LogP contribution in [0.15, 0.2) is 24.3 Å². The van der Waals surface area contributed by atoms with Gasteiger partial charge in [-0.2, -0.15) is 18.2 Å². The monoisotopic (exact) mass is 286 g/mol. The van der Waals surface area contributed by atoms with Crippen LogP contribution in [0.2, 0.25) is 0 Å². The summed E-state index contributed by atoms with van der Waals surface area (Å²) in [4.78, 5) is 6.78. The first-order valence-corrected chi connectivity index (χ1v) is 5.50. The number of halogens is 4. The highest BCUT2D eigenvalue weighted by Gasteiger charge is 2.33. The lowest BCUT2D eigenvalue weighted by Crippen LogP contribution is -2.12. The van der Waals surface area contributed by atoms with Crippen LogP contribution in [0, 0.1) is 12.7 Å². The summed E-state index contributed by atoms with van der Waals surface area (Å²) >= 11 is 0. The van der Waals surface area contributed by atoms with Crippen LogP contribution in [0.5, 0.6) is 0 Å². The van der Waals surface area contributed by atoms with Crippen molar-refractivity contribution in [1.82, 2.24) is 9.97 Å². The highest BCUT2D eigenvalue weighted by molar-refractivity contribution is 5.58. The Labute approximate surface area is 111 Å². The molecule has 20 heavy (non-hydrogen) atoms. The van der Waals surface area contributed by atoms with Gasteiger partial charge >= 0.3 is 6.18 Å². The van der Waals surface area contributed by atoms with Crippen molar-refractivity contribution in [2.45, 2.75) is 13.1 Å². The summed E-state index contributed by atoms with van der Waals surface area (Å²) in [6, 6.07) is 4.76. The third-order valence-electron chi connectivity index (χ3n) is 2.46. The van der Waals surface area contributed by atoms with Crippen LogP contribution < -0.4 is 11.1 Å². The molecule has 0 aliphatic heterocycles. The quantitative estimate of drug-likeness (QED) is 0.832. The van der Waals surface area contributed by atoms with Crippen LogP contribution in [0.25, 0.3) is 0 Å². The number of anilines is 3. The second-order valence-corrected chi connectivity index (χ2v) is 4.08. The molecule has 8 heteroatoms. The van der Waals surface area contributed by atoms with E-state index in [4.69, 9.17) is 5.73 Å². The van der Waals surface area contributed by atoms with E-state index in [9.17, 15) is 17.6 Å². The lowest BCUT2D eigenvalue weighted by molar-refractivity contribution is -0.141. The molecule has 2 aromatic rings. The molecule has 0 saturated carbocycles. The molecule has 106 valence electrons. The van der Waals surface area contributed by atoms with Crippen molar-refractivity contribution in [3.63, 3.8) is 0 Å². The van der Waals surface area contributed by atoms with E-state index in [-0.39, 0.29) is 5.82 Å². The van der Waals surface area contributed by atoms with Gasteiger partial charge in [0, 0.05) is 11.8 Å². The normalized spacial score (nSPS) is 11.4. The Morgan fingerprint density at radius 1 is 1.15 bits per heavy atom. The van der Waals surface area contributed by atoms with E-state index in [1.807, 2.05) is 0 Å². The minimum absolute atomic E-state index is 0.115. The minimum Gasteiger partial charge on any atom is -0.368 e. The molecule has 2 rings (SSSR count). The molecule has 0 bridgehead atoms. The van der Waals surface area contributed by atoms with Gasteiger partial charge in [-0.3, -0.25) is 0 Å². The van der Waals surface area contributed by atoms with Crippen LogP contribution in [0.3, 0.4) is 0 Å². The number of aromatic nitrogens is 2. The second kappa shape index (κ2) is 4.95. The van der Waals surface area contributed by atoms with E-state index in [1.54, 1.807) is 0 Å². The second-order valence-electron chi connectivity index (χ2n) is 4.08. The summed E-state index contributed by atoms with van der Waals surface area (Å²) in [5, 5.41) is 2.63. The maximum absolute atomic E-state index is 13.1. The van der Waals surface area contributed by atoms with E-state index < -0.39 is 23.6 Å². The van der Waals surface area contributed by atoms with Crippen molar-refractivity contribution >= 4 is 17.5 Å². The topological polar surface area (TPSA) is 63.8 Å². The number of aryl methyl sites for hydroxylation is 1. The van der Waals surface area contributed by atoms with Gasteiger partial charge in [0.25, 0.3) is 0 Å². The van der Waals surface area contributed by atoms with Gasteiger partial charge in [0.1, 0.15) is 11.6 Å². The summed E-state index contributed by atoms with van der Waals surface area (Å²) in [6.45, 7) is 1.54. The Hall–Kier alpha value is -2.38. The van der Waals surface area contributed by atoms with Gasteiger partial charge in [-0.1, -0.05) is 0 Å². The molecule has 3 N–H and O–H groups in total. The minimum atomic E-state index is -4.62. The Bertz CT molecular complexity index is 640. The summed E-state index contributed by atoms with van der Waals surface area (Å²) in [5.74, 6) is -1.02. The van der Waals surface area contributed by atoms with E-state index in [0.29, 0.717) is 11.3 Å². The molecule has 0 aliphatic carbocycles. The number of hydrogen-bond acceptors (Lipinski definition) is 4. The highest BCUT2D eigenvalue weighted by Crippen LogP contribution is 2.30. The number of benzene rings is 1. The summed E-state index contributed by atoms with van der Waals surface area (Å²) in [5.41, 5.74) is 4.85. The third kappa shape index (κ3) is 3.14. The van der Waals surface area contributed by atoms with Gasteiger partial charge in [-0.15, -0.1) is 0 Å². The Morgan fingerprint density at radius 2 is 1.85 bits per heavy atom. The molecule has 0 atom stereocenters. The van der Waals surface area contributed by atoms with Crippen LogP contribution in [-0.4, -0.2) is 9.97 Å². The molecule has 4 nitrogen and oxygen atoms in total. The number of nitrogens with two attached hydrogens (primary N) is 1. The van der Waals surface area contributed by atoms with Crippen molar-refractivity contribution in [1.29, 1.82) is 0 Å². The Balaban J connectivity index is 2.33. The summed E-state index contributed by atoms with van der Waals surface area (Å²) in [7, 11) is 0. The zero-order chi connectivity index (χ0) is 14.9. The molecule has 1 aromatic carbocycles. The molecule has 0 aliphatic rings. The molecule has 0 unspecified atom stereocenters. The SMILES string of the molecule is Cc1cc(Nc2cc(C(F)(F)F)nc(N)n2)ccc1F. The molecular formula is C12H10F4N4. The fourth-order valence-electron chi connectivity index (χ4n) is 1.55. The molecule has 0 amide bonds. The first-order valence-electron chi connectivity index (χ1n) is 5.50. The predicted molar refractivity (Wildman–Crippen MR) is 65.9 cm³/mol. The van der Waals surface area contributed by atoms with Gasteiger partial charge in [-0.25, -0.2) is 9.37 Å². The van der Waals surface area contributed by atoms with Crippen molar-refractivity contribution in [2.24, 2.45) is 0 Å². The fraction of sp³-hybridized carbons (Fsp3) is 0.167. The number of nitrogens with one attached hydrogen (secondary N) is 1. The van der Waals surface area contributed by atoms with Crippen molar-refractivity contribution in [2.75, 3.05) is 11.1 Å². The molecule has 0 saturated heterocycles. The molecule has 1 heterocycles. The lowest BCUT2D eigenvalue weighted by atomic mass is 10.2. The lowest BCUT2D eigenvalue weighted by Gasteiger charge is -2.10. The summed E-state index contributed by atoms with van der Waals surface area (Å²) in [6.07, 6.45) is -4.62. The van der Waals surface area contributed by atoms with Crippen LogP contribution in [0.1, 0.15) is 11.3 Å². The van der Waals surface area contributed by atoms with Crippen molar-refractivity contribution < 1.29 is 17.6 Å². The molecule has 1 aromatic heterocycles. The van der Waals surface area contributed by atoms with Crippen LogP contribution in [-0.2, 0) is 6.18 Å². The van der Waals surface area contributed by atoms with Gasteiger partial charge in [0.15, 0.2) is 5.69 Å². The number of hydrogen-bond donors (Lipinski definition) is 2. The number of rotatable bonds is 2. The van der Waals surface area contributed by atoms with E-state index in [0.717, 1.165) is 6.07 Å². The van der Waals surface area contributed by atoms with Crippen LogP contribution >= 0.6 is 0 Å². The maximum atomic E-state index is 13.1. The van der Waals surface area contributed by atoms with Gasteiger partial charge in [-0.05, 0) is 30.7 Å². The maximum Gasteiger partial charge on any atom is 0.433 e. The fourth-order valence-corrected chi connectivity index (χ4v) is 1.55. The molecular weight excluding hydrogens is 276 g/mol. The third-order valence-corrected chi connectivity index (χ3v) is 2.46. The zero-order valence-corrected chi connectivity index (χ0v) is 10.3. The largest absolute Gasteiger partial charge is 0.433 e. The average molecular weight is 286 g/mol. The van der Waals surface area contributed by atoms with E-state index in [1.165, 1.54) is 25.1 Å². The first kappa shape index (κ1) is 14.0. The number of alkyl halides is 3. The van der Waals surface area contributed by atoms with Crippen molar-refractivity contribution in [3.8, 4) is 0 Å². The van der Waals surface area contributed by atoms with E-state index >= 15 is 0 Å². The van der Waals surface area contributed by atoms with Gasteiger partial charge in [0.2, 0.25) is 5.95 Å². The van der Waals surface area contributed by atoms with Gasteiger partial charge < -0.3 is 11.1 Å². The standard InChI is InChI=1S/C12H10F4N4/c1-6-4-7(2-3-8(6)13)18-10-5-9(12(14,15)16)19-11(17)20-10/h2-5H,1H3,(H3,17,18,19,20). The molecule has 0 spiro atoms. The zero-order valence-electron chi connectivity index (χ0n) is 10.3. The number of nitrogen functional groups attached to an aromatic ring is 1. The molecule has 0 radical (unpaired) electrons.